The fraction of sp³-hybridized carbons (Fsp3) is 0.533. The second-order valence-corrected chi connectivity index (χ2v) is 4.43. The third kappa shape index (κ3) is 7.69. The number of hydrogen-bond acceptors (Lipinski definition) is 4. The molecule has 1 aromatic rings. The number of nitrogens with one attached hydrogen (secondary N) is 1. The molecule has 0 radical (unpaired) electrons. The minimum absolute atomic E-state index is 0. The van der Waals surface area contributed by atoms with Gasteiger partial charge in [0.25, 0.3) is 0 Å². The molecule has 0 aliphatic rings. The van der Waals surface area contributed by atoms with Crippen LogP contribution in [0.15, 0.2) is 23.2 Å². The highest BCUT2D eigenvalue weighted by Gasteiger charge is 2.04. The largest absolute Gasteiger partial charge is 0.493 e. The van der Waals surface area contributed by atoms with Gasteiger partial charge in [-0.25, -0.2) is 0 Å². The fourth-order valence-electron chi connectivity index (χ4n) is 1.68. The van der Waals surface area contributed by atoms with Gasteiger partial charge >= 0.3 is 0 Å². The van der Waals surface area contributed by atoms with E-state index in [9.17, 15) is 0 Å². The number of unbranched alkanes of at least 4 members (excludes halogenated alkanes) is 1. The molecule has 0 saturated heterocycles. The number of benzene rings is 1. The number of methoxy groups -OCH3 is 2. The average molecular weight is 423 g/mol. The van der Waals surface area contributed by atoms with Gasteiger partial charge in [-0.05, 0) is 18.6 Å². The van der Waals surface area contributed by atoms with E-state index in [0.29, 0.717) is 30.6 Å². The summed E-state index contributed by atoms with van der Waals surface area (Å²) in [6.45, 7) is 4.02. The molecule has 1 aromatic carbocycles. The minimum Gasteiger partial charge on any atom is -0.493 e. The van der Waals surface area contributed by atoms with Crippen LogP contribution in [0.1, 0.15) is 19.8 Å². The fourth-order valence-corrected chi connectivity index (χ4v) is 1.68. The zero-order chi connectivity index (χ0) is 15.5. The SMILES string of the molecule is CCCCOCCN=C(N)Nc1ccc(OC)c(OC)c1.I. The molecule has 1 rings (SSSR count). The van der Waals surface area contributed by atoms with Crippen LogP contribution >= 0.6 is 24.0 Å². The van der Waals surface area contributed by atoms with Crippen LogP contribution in [0.3, 0.4) is 0 Å². The smallest absolute Gasteiger partial charge is 0.193 e. The maximum Gasteiger partial charge on any atom is 0.193 e. The molecule has 0 spiro atoms. The first-order valence-electron chi connectivity index (χ1n) is 7.08. The number of nitrogens with two attached hydrogens (primary N) is 1. The molecule has 7 heteroatoms. The van der Waals surface area contributed by atoms with E-state index in [2.05, 4.69) is 17.2 Å². The van der Waals surface area contributed by atoms with Crippen LogP contribution in [0.5, 0.6) is 11.5 Å². The summed E-state index contributed by atoms with van der Waals surface area (Å²) in [4.78, 5) is 4.20. The number of halogens is 1. The second-order valence-electron chi connectivity index (χ2n) is 4.43. The molecule has 0 heterocycles. The van der Waals surface area contributed by atoms with Gasteiger partial charge in [-0.3, -0.25) is 4.99 Å². The molecule has 0 saturated carbocycles. The lowest BCUT2D eigenvalue weighted by molar-refractivity contribution is 0.139. The Balaban J connectivity index is 0.00000441. The van der Waals surface area contributed by atoms with Gasteiger partial charge in [0.2, 0.25) is 0 Å². The molecule has 3 N–H and O–H groups in total. The summed E-state index contributed by atoms with van der Waals surface area (Å²) in [5, 5.41) is 3.01. The van der Waals surface area contributed by atoms with Crippen molar-refractivity contribution in [3.8, 4) is 11.5 Å². The van der Waals surface area contributed by atoms with Gasteiger partial charge in [0, 0.05) is 18.4 Å². The molecule has 0 amide bonds. The Morgan fingerprint density at radius 1 is 1.18 bits per heavy atom. The number of nitrogens with zero attached hydrogens (tertiary/aromatic N) is 1. The van der Waals surface area contributed by atoms with Crippen LogP contribution in [0.4, 0.5) is 5.69 Å². The summed E-state index contributed by atoms with van der Waals surface area (Å²) < 4.78 is 15.8. The molecule has 126 valence electrons. The Morgan fingerprint density at radius 2 is 1.91 bits per heavy atom. The van der Waals surface area contributed by atoms with Crippen molar-refractivity contribution in [2.24, 2.45) is 10.7 Å². The van der Waals surface area contributed by atoms with Gasteiger partial charge in [-0.15, -0.1) is 24.0 Å². The third-order valence-electron chi connectivity index (χ3n) is 2.82. The lowest BCUT2D eigenvalue weighted by atomic mass is 10.3. The quantitative estimate of drug-likeness (QED) is 0.277. The standard InChI is InChI=1S/C15H25N3O3.HI/c1-4-5-9-21-10-8-17-15(16)18-12-6-7-13(19-2)14(11-12)20-3;/h6-7,11H,4-5,8-10H2,1-3H3,(H3,16,17,18);1H. The van der Waals surface area contributed by atoms with E-state index in [0.717, 1.165) is 25.1 Å². The Bertz CT molecular complexity index is 456. The van der Waals surface area contributed by atoms with Crippen LogP contribution in [0.2, 0.25) is 0 Å². The van der Waals surface area contributed by atoms with Crippen LogP contribution < -0.4 is 20.5 Å². The van der Waals surface area contributed by atoms with Crippen molar-refractivity contribution in [1.29, 1.82) is 0 Å². The van der Waals surface area contributed by atoms with Gasteiger partial charge in [0.1, 0.15) is 0 Å². The molecule has 6 nitrogen and oxygen atoms in total. The summed E-state index contributed by atoms with van der Waals surface area (Å²) in [7, 11) is 3.19. The molecule has 0 aliphatic heterocycles. The average Bonchev–Trinajstić information content (AvgIpc) is 2.50. The van der Waals surface area contributed by atoms with Gasteiger partial charge in [0.15, 0.2) is 17.5 Å². The lowest BCUT2D eigenvalue weighted by Crippen LogP contribution is -2.23. The van der Waals surface area contributed by atoms with Gasteiger partial charge in [-0.2, -0.15) is 0 Å². The van der Waals surface area contributed by atoms with Crippen molar-refractivity contribution in [3.63, 3.8) is 0 Å². The van der Waals surface area contributed by atoms with Crippen molar-refractivity contribution in [1.82, 2.24) is 0 Å². The Kier molecular flexibility index (Phi) is 11.7. The van der Waals surface area contributed by atoms with Crippen LogP contribution in [-0.2, 0) is 4.74 Å². The van der Waals surface area contributed by atoms with E-state index in [1.807, 2.05) is 12.1 Å². The molecule has 0 aromatic heterocycles. The third-order valence-corrected chi connectivity index (χ3v) is 2.82. The van der Waals surface area contributed by atoms with Crippen molar-refractivity contribution in [3.05, 3.63) is 18.2 Å². The second kappa shape index (κ2) is 12.3. The summed E-state index contributed by atoms with van der Waals surface area (Å²) in [6, 6.07) is 5.46. The number of hydrogen-bond donors (Lipinski definition) is 2. The first-order valence-corrected chi connectivity index (χ1v) is 7.08. The highest BCUT2D eigenvalue weighted by Crippen LogP contribution is 2.29. The van der Waals surface area contributed by atoms with Crippen molar-refractivity contribution in [2.75, 3.05) is 39.3 Å². The molecular formula is C15H26IN3O3. The highest BCUT2D eigenvalue weighted by atomic mass is 127. The molecule has 0 bridgehead atoms. The van der Waals surface area contributed by atoms with E-state index < -0.39 is 0 Å². The van der Waals surface area contributed by atoms with E-state index in [4.69, 9.17) is 19.9 Å². The lowest BCUT2D eigenvalue weighted by Gasteiger charge is -2.11. The Hall–Kier alpha value is -1.22. The van der Waals surface area contributed by atoms with Crippen LogP contribution in [0, 0.1) is 0 Å². The highest BCUT2D eigenvalue weighted by molar-refractivity contribution is 14.0. The van der Waals surface area contributed by atoms with E-state index >= 15 is 0 Å². The zero-order valence-corrected chi connectivity index (χ0v) is 15.8. The summed E-state index contributed by atoms with van der Waals surface area (Å²) in [5.41, 5.74) is 6.61. The predicted octanol–water partition coefficient (Wildman–Crippen LogP) is 2.87. The molecule has 0 aliphatic carbocycles. The van der Waals surface area contributed by atoms with Gasteiger partial charge in [-0.1, -0.05) is 13.3 Å². The maximum atomic E-state index is 5.82. The monoisotopic (exact) mass is 423 g/mol. The number of aliphatic imine (C=N–C) groups is 1. The Labute approximate surface area is 149 Å². The van der Waals surface area contributed by atoms with E-state index in [-0.39, 0.29) is 24.0 Å². The summed E-state index contributed by atoms with van der Waals surface area (Å²) in [6.07, 6.45) is 2.20. The van der Waals surface area contributed by atoms with Crippen LogP contribution in [0.25, 0.3) is 0 Å². The van der Waals surface area contributed by atoms with Gasteiger partial charge in [0.05, 0.1) is 27.4 Å². The first kappa shape index (κ1) is 20.8. The van der Waals surface area contributed by atoms with E-state index in [1.165, 1.54) is 0 Å². The van der Waals surface area contributed by atoms with E-state index in [1.54, 1.807) is 20.3 Å². The molecule has 0 fully saturated rings. The number of guanidine groups is 1. The number of anilines is 1. The summed E-state index contributed by atoms with van der Waals surface area (Å²) in [5.74, 6) is 1.65. The molecule has 0 atom stereocenters. The number of ether oxygens (including phenoxy) is 3. The first-order chi connectivity index (χ1) is 10.2. The molecule has 0 unspecified atom stereocenters. The molecular weight excluding hydrogens is 397 g/mol. The van der Waals surface area contributed by atoms with Crippen molar-refractivity contribution < 1.29 is 14.2 Å². The minimum atomic E-state index is 0. The topological polar surface area (TPSA) is 78.1 Å². The van der Waals surface area contributed by atoms with Gasteiger partial charge < -0.3 is 25.3 Å². The zero-order valence-electron chi connectivity index (χ0n) is 13.4. The predicted molar refractivity (Wildman–Crippen MR) is 101 cm³/mol. The van der Waals surface area contributed by atoms with Crippen molar-refractivity contribution >= 4 is 35.6 Å². The molecule has 22 heavy (non-hydrogen) atoms. The number of rotatable bonds is 9. The Morgan fingerprint density at radius 3 is 2.55 bits per heavy atom. The van der Waals surface area contributed by atoms with Crippen molar-refractivity contribution in [2.45, 2.75) is 19.8 Å². The maximum absolute atomic E-state index is 5.82. The van der Waals surface area contributed by atoms with Crippen LogP contribution in [-0.4, -0.2) is 39.9 Å². The summed E-state index contributed by atoms with van der Waals surface area (Å²) >= 11 is 0. The normalized spacial score (nSPS) is 10.8.